The lowest BCUT2D eigenvalue weighted by molar-refractivity contribution is -0.137. The Kier molecular flexibility index (Phi) is 2.88. The third-order valence-corrected chi connectivity index (χ3v) is 3.26. The molecule has 0 radical (unpaired) electrons. The van der Waals surface area contributed by atoms with E-state index in [0.29, 0.717) is 5.56 Å². The maximum atomic E-state index is 11.3. The van der Waals surface area contributed by atoms with Gasteiger partial charge in [-0.3, -0.25) is 4.79 Å². The van der Waals surface area contributed by atoms with Crippen molar-refractivity contribution in [1.29, 1.82) is 0 Å². The minimum Gasteiger partial charge on any atom is -0.481 e. The molecule has 1 fully saturated rings. The van der Waals surface area contributed by atoms with Gasteiger partial charge in [-0.2, -0.15) is 0 Å². The van der Waals surface area contributed by atoms with Gasteiger partial charge in [0.1, 0.15) is 0 Å². The van der Waals surface area contributed by atoms with Crippen molar-refractivity contribution in [3.8, 4) is 0 Å². The van der Waals surface area contributed by atoms with Crippen LogP contribution in [0.1, 0.15) is 35.2 Å². The van der Waals surface area contributed by atoms with Gasteiger partial charge in [-0.05, 0) is 30.5 Å². The SMILES string of the molecule is COC(=O)c1ccc(C2(CC(=O)O)CC2)cc1. The summed E-state index contributed by atoms with van der Waals surface area (Å²) < 4.78 is 4.61. The van der Waals surface area contributed by atoms with Gasteiger partial charge in [0.05, 0.1) is 19.1 Å². The van der Waals surface area contributed by atoms with E-state index < -0.39 is 5.97 Å². The quantitative estimate of drug-likeness (QED) is 0.809. The molecular formula is C13H14O4. The first kappa shape index (κ1) is 11.6. The zero-order valence-corrected chi connectivity index (χ0v) is 9.60. The Morgan fingerprint density at radius 2 is 1.88 bits per heavy atom. The first-order valence-electron chi connectivity index (χ1n) is 5.48. The highest BCUT2D eigenvalue weighted by molar-refractivity contribution is 5.89. The highest BCUT2D eigenvalue weighted by atomic mass is 16.5. The molecule has 1 aliphatic carbocycles. The predicted molar refractivity (Wildman–Crippen MR) is 60.9 cm³/mol. The van der Waals surface area contributed by atoms with Crippen molar-refractivity contribution in [3.05, 3.63) is 35.4 Å². The van der Waals surface area contributed by atoms with Crippen LogP contribution in [0.25, 0.3) is 0 Å². The molecule has 4 nitrogen and oxygen atoms in total. The van der Waals surface area contributed by atoms with Crippen LogP contribution in [0.2, 0.25) is 0 Å². The zero-order valence-electron chi connectivity index (χ0n) is 9.60. The van der Waals surface area contributed by atoms with E-state index in [2.05, 4.69) is 4.74 Å². The summed E-state index contributed by atoms with van der Waals surface area (Å²) in [7, 11) is 1.34. The molecule has 4 heteroatoms. The molecule has 0 bridgehead atoms. The Balaban J connectivity index is 2.18. The summed E-state index contributed by atoms with van der Waals surface area (Å²) in [4.78, 5) is 22.0. The van der Waals surface area contributed by atoms with Crippen LogP contribution < -0.4 is 0 Å². The second-order valence-corrected chi connectivity index (χ2v) is 4.42. The number of methoxy groups -OCH3 is 1. The van der Waals surface area contributed by atoms with Crippen molar-refractivity contribution in [1.82, 2.24) is 0 Å². The molecule has 1 aromatic carbocycles. The molecule has 1 saturated carbocycles. The molecule has 1 aromatic rings. The highest BCUT2D eigenvalue weighted by Gasteiger charge is 2.45. The lowest BCUT2D eigenvalue weighted by atomic mass is 9.92. The second-order valence-electron chi connectivity index (χ2n) is 4.42. The Labute approximate surface area is 99.2 Å². The molecular weight excluding hydrogens is 220 g/mol. The topological polar surface area (TPSA) is 63.6 Å². The van der Waals surface area contributed by atoms with E-state index in [9.17, 15) is 9.59 Å². The van der Waals surface area contributed by atoms with E-state index in [1.165, 1.54) is 7.11 Å². The number of carbonyl (C=O) groups is 2. The molecule has 1 N–H and O–H groups in total. The molecule has 0 atom stereocenters. The van der Waals surface area contributed by atoms with Crippen LogP contribution in [-0.2, 0) is 14.9 Å². The van der Waals surface area contributed by atoms with E-state index >= 15 is 0 Å². The number of rotatable bonds is 4. The monoisotopic (exact) mass is 234 g/mol. The fourth-order valence-corrected chi connectivity index (χ4v) is 2.09. The number of carboxylic acid groups (broad SMARTS) is 1. The standard InChI is InChI=1S/C13H14O4/c1-17-12(16)9-2-4-10(5-3-9)13(6-7-13)8-11(14)15/h2-5H,6-8H2,1H3,(H,14,15). The average molecular weight is 234 g/mol. The molecule has 0 aromatic heterocycles. The summed E-state index contributed by atoms with van der Waals surface area (Å²) in [6.07, 6.45) is 1.96. The number of esters is 1. The summed E-state index contributed by atoms with van der Waals surface area (Å²) in [6.45, 7) is 0. The first-order chi connectivity index (χ1) is 8.07. The molecule has 2 rings (SSSR count). The summed E-state index contributed by atoms with van der Waals surface area (Å²) in [5.74, 6) is -1.15. The van der Waals surface area contributed by atoms with Gasteiger partial charge in [-0.15, -0.1) is 0 Å². The molecule has 0 unspecified atom stereocenters. The van der Waals surface area contributed by atoms with E-state index in [-0.39, 0.29) is 17.8 Å². The van der Waals surface area contributed by atoms with Crippen LogP contribution >= 0.6 is 0 Å². The summed E-state index contributed by atoms with van der Waals surface area (Å²) in [6, 6.07) is 7.01. The number of hydrogen-bond acceptors (Lipinski definition) is 3. The Bertz CT molecular complexity index is 443. The van der Waals surface area contributed by atoms with Gasteiger partial charge < -0.3 is 9.84 Å². The minimum absolute atomic E-state index is 0.157. The Hall–Kier alpha value is -1.84. The van der Waals surface area contributed by atoms with Crippen molar-refractivity contribution in [2.24, 2.45) is 0 Å². The average Bonchev–Trinajstić information content (AvgIpc) is 3.08. The van der Waals surface area contributed by atoms with Crippen LogP contribution in [0.5, 0.6) is 0 Å². The summed E-state index contributed by atoms with van der Waals surface area (Å²) in [5, 5.41) is 8.86. The third-order valence-electron chi connectivity index (χ3n) is 3.26. The van der Waals surface area contributed by atoms with Crippen LogP contribution in [0.3, 0.4) is 0 Å². The molecule has 0 aliphatic heterocycles. The van der Waals surface area contributed by atoms with Gasteiger partial charge in [0.25, 0.3) is 0 Å². The Morgan fingerprint density at radius 1 is 1.29 bits per heavy atom. The van der Waals surface area contributed by atoms with Gasteiger partial charge in [-0.25, -0.2) is 4.79 Å². The van der Waals surface area contributed by atoms with Gasteiger partial charge in [-0.1, -0.05) is 12.1 Å². The van der Waals surface area contributed by atoms with Crippen molar-refractivity contribution >= 4 is 11.9 Å². The van der Waals surface area contributed by atoms with Gasteiger partial charge in [0.15, 0.2) is 0 Å². The summed E-state index contributed by atoms with van der Waals surface area (Å²) >= 11 is 0. The minimum atomic E-state index is -0.778. The molecule has 0 heterocycles. The molecule has 0 saturated heterocycles. The van der Waals surface area contributed by atoms with Gasteiger partial charge in [0, 0.05) is 5.41 Å². The number of carboxylic acids is 1. The first-order valence-corrected chi connectivity index (χ1v) is 5.48. The number of aliphatic carboxylic acids is 1. The maximum absolute atomic E-state index is 11.3. The van der Waals surface area contributed by atoms with E-state index in [0.717, 1.165) is 18.4 Å². The maximum Gasteiger partial charge on any atom is 0.337 e. The molecule has 1 aliphatic rings. The van der Waals surface area contributed by atoms with Crippen LogP contribution in [0.15, 0.2) is 24.3 Å². The van der Waals surface area contributed by atoms with Crippen LogP contribution in [-0.4, -0.2) is 24.2 Å². The summed E-state index contributed by atoms with van der Waals surface area (Å²) in [5.41, 5.74) is 1.27. The van der Waals surface area contributed by atoms with Crippen molar-refractivity contribution < 1.29 is 19.4 Å². The van der Waals surface area contributed by atoms with Crippen molar-refractivity contribution in [2.75, 3.05) is 7.11 Å². The smallest absolute Gasteiger partial charge is 0.337 e. The fraction of sp³-hybridized carbons (Fsp3) is 0.385. The molecule has 90 valence electrons. The number of carbonyl (C=O) groups excluding carboxylic acids is 1. The van der Waals surface area contributed by atoms with E-state index in [1.54, 1.807) is 12.1 Å². The van der Waals surface area contributed by atoms with Crippen LogP contribution in [0.4, 0.5) is 0 Å². The molecule has 0 spiro atoms. The highest BCUT2D eigenvalue weighted by Crippen LogP contribution is 2.50. The van der Waals surface area contributed by atoms with Gasteiger partial charge in [0.2, 0.25) is 0 Å². The second kappa shape index (κ2) is 4.20. The van der Waals surface area contributed by atoms with Crippen molar-refractivity contribution in [2.45, 2.75) is 24.7 Å². The lowest BCUT2D eigenvalue weighted by Crippen LogP contribution is -2.13. The largest absolute Gasteiger partial charge is 0.481 e. The fourth-order valence-electron chi connectivity index (χ4n) is 2.09. The Morgan fingerprint density at radius 3 is 2.29 bits per heavy atom. The predicted octanol–water partition coefficient (Wildman–Crippen LogP) is 1.98. The molecule has 0 amide bonds. The lowest BCUT2D eigenvalue weighted by Gasteiger charge is -2.13. The third kappa shape index (κ3) is 2.30. The molecule has 17 heavy (non-hydrogen) atoms. The van der Waals surface area contributed by atoms with Crippen LogP contribution in [0, 0.1) is 0 Å². The van der Waals surface area contributed by atoms with E-state index in [4.69, 9.17) is 5.11 Å². The van der Waals surface area contributed by atoms with Gasteiger partial charge >= 0.3 is 11.9 Å². The number of hydrogen-bond donors (Lipinski definition) is 1. The number of benzene rings is 1. The van der Waals surface area contributed by atoms with Crippen molar-refractivity contribution in [3.63, 3.8) is 0 Å². The van der Waals surface area contributed by atoms with E-state index in [1.807, 2.05) is 12.1 Å². The zero-order chi connectivity index (χ0) is 12.5. The normalized spacial score (nSPS) is 16.3. The number of ether oxygens (including phenoxy) is 1.